The summed E-state index contributed by atoms with van der Waals surface area (Å²) in [6, 6.07) is 5.72. The number of likely N-dealkylation sites (tertiary alicyclic amines) is 1. The summed E-state index contributed by atoms with van der Waals surface area (Å²) in [5.41, 5.74) is 0.907. The van der Waals surface area contributed by atoms with Crippen LogP contribution in [0.2, 0.25) is 0 Å². The molecule has 0 radical (unpaired) electrons. The molecule has 1 saturated heterocycles. The molecular weight excluding hydrogens is 585 g/mol. The van der Waals surface area contributed by atoms with Crippen LogP contribution in [-0.2, 0) is 17.4 Å². The lowest BCUT2D eigenvalue weighted by molar-refractivity contribution is -0.145. The number of aryl methyl sites for hydroxylation is 1. The first-order valence-electron chi connectivity index (χ1n) is 15.6. The number of carbonyl (C=O) groups excluding carboxylic acids is 1. The fourth-order valence-electron chi connectivity index (χ4n) is 6.49. The van der Waals surface area contributed by atoms with E-state index >= 15 is 0 Å². The number of nitrogens with zero attached hydrogens (tertiary/aromatic N) is 4. The van der Waals surface area contributed by atoms with Crippen molar-refractivity contribution >= 4 is 17.6 Å². The van der Waals surface area contributed by atoms with Crippen LogP contribution in [0.3, 0.4) is 0 Å². The van der Waals surface area contributed by atoms with E-state index in [4.69, 9.17) is 4.74 Å². The number of aromatic carboxylic acids is 1. The van der Waals surface area contributed by atoms with Gasteiger partial charge in [0.05, 0.1) is 11.9 Å². The molecule has 5 rings (SSSR count). The van der Waals surface area contributed by atoms with Crippen molar-refractivity contribution in [3.8, 4) is 5.75 Å². The highest BCUT2D eigenvalue weighted by molar-refractivity contribution is 6.11. The van der Waals surface area contributed by atoms with Gasteiger partial charge in [-0.15, -0.1) is 0 Å². The molecular formula is C34H39F3N4O4. The molecule has 2 aromatic rings. The highest BCUT2D eigenvalue weighted by Gasteiger charge is 2.42. The summed E-state index contributed by atoms with van der Waals surface area (Å²) in [4.78, 5) is 29.8. The van der Waals surface area contributed by atoms with E-state index in [0.29, 0.717) is 40.1 Å². The minimum absolute atomic E-state index is 0.130. The molecule has 1 aromatic carbocycles. The normalized spacial score (nSPS) is 20.9. The first-order valence-corrected chi connectivity index (χ1v) is 15.6. The Hall–Kier alpha value is -4.15. The van der Waals surface area contributed by atoms with Crippen LogP contribution in [0.5, 0.6) is 5.75 Å². The number of carboxylic acids is 1. The fourth-order valence-corrected chi connectivity index (χ4v) is 6.49. The van der Waals surface area contributed by atoms with Crippen LogP contribution >= 0.6 is 0 Å². The minimum atomic E-state index is -4.92. The van der Waals surface area contributed by atoms with Gasteiger partial charge in [-0.05, 0) is 67.2 Å². The number of alkyl halides is 3. The number of benzene rings is 1. The summed E-state index contributed by atoms with van der Waals surface area (Å²) >= 11 is 0. The molecule has 2 atom stereocenters. The second-order valence-electron chi connectivity index (χ2n) is 11.8. The Morgan fingerprint density at radius 1 is 1.13 bits per heavy atom. The monoisotopic (exact) mass is 624 g/mol. The summed E-state index contributed by atoms with van der Waals surface area (Å²) in [7, 11) is 0. The van der Waals surface area contributed by atoms with Gasteiger partial charge in [-0.3, -0.25) is 9.79 Å². The number of hydrogen-bond donors (Lipinski definition) is 1. The van der Waals surface area contributed by atoms with E-state index in [1.165, 1.54) is 0 Å². The molecule has 240 valence electrons. The number of para-hydroxylation sites is 1. The largest absolute Gasteiger partial charge is 0.488 e. The Labute approximate surface area is 261 Å². The zero-order valence-electron chi connectivity index (χ0n) is 25.6. The van der Waals surface area contributed by atoms with Gasteiger partial charge in [0.25, 0.3) is 0 Å². The topological polar surface area (TPSA) is 97.0 Å². The van der Waals surface area contributed by atoms with Crippen LogP contribution in [0, 0.1) is 11.8 Å². The molecule has 1 aliphatic carbocycles. The van der Waals surface area contributed by atoms with Gasteiger partial charge in [0.15, 0.2) is 5.69 Å². The Balaban J connectivity index is 1.36. The highest BCUT2D eigenvalue weighted by atomic mass is 19.4. The lowest BCUT2D eigenvalue weighted by Gasteiger charge is -2.34. The molecule has 2 aliphatic heterocycles. The predicted octanol–water partition coefficient (Wildman–Crippen LogP) is 7.03. The van der Waals surface area contributed by atoms with Crippen molar-refractivity contribution in [3.63, 3.8) is 0 Å². The van der Waals surface area contributed by atoms with Crippen molar-refractivity contribution in [1.29, 1.82) is 0 Å². The first kappa shape index (κ1) is 32.2. The van der Waals surface area contributed by atoms with Gasteiger partial charge in [-0.2, -0.15) is 18.3 Å². The Bertz CT molecular complexity index is 1530. The summed E-state index contributed by atoms with van der Waals surface area (Å²) in [5, 5.41) is 13.1. The molecule has 1 fully saturated rings. The molecule has 0 bridgehead atoms. The highest BCUT2D eigenvalue weighted by Crippen LogP contribution is 2.37. The van der Waals surface area contributed by atoms with Crippen LogP contribution < -0.4 is 4.74 Å². The number of halogens is 3. The van der Waals surface area contributed by atoms with Gasteiger partial charge in [0.1, 0.15) is 24.1 Å². The Morgan fingerprint density at radius 2 is 1.91 bits per heavy atom. The minimum Gasteiger partial charge on any atom is -0.488 e. The lowest BCUT2D eigenvalue weighted by Crippen LogP contribution is -2.38. The summed E-state index contributed by atoms with van der Waals surface area (Å²) in [6.07, 6.45) is 10.6. The zero-order valence-corrected chi connectivity index (χ0v) is 25.6. The molecule has 11 heteroatoms. The van der Waals surface area contributed by atoms with Crippen LogP contribution in [-0.4, -0.2) is 57.1 Å². The Kier molecular flexibility index (Phi) is 9.94. The van der Waals surface area contributed by atoms with Crippen LogP contribution in [0.1, 0.15) is 85.7 Å². The molecule has 0 spiro atoms. The molecule has 1 amide bonds. The van der Waals surface area contributed by atoms with E-state index < -0.39 is 29.6 Å². The van der Waals surface area contributed by atoms with Crippen molar-refractivity contribution in [1.82, 2.24) is 14.7 Å². The van der Waals surface area contributed by atoms with E-state index in [9.17, 15) is 27.9 Å². The third-order valence-electron chi connectivity index (χ3n) is 8.82. The van der Waals surface area contributed by atoms with Crippen molar-refractivity contribution in [3.05, 3.63) is 82.7 Å². The number of ether oxygens (including phenoxy) is 1. The van der Waals surface area contributed by atoms with Crippen LogP contribution in [0.4, 0.5) is 13.2 Å². The van der Waals surface area contributed by atoms with Crippen molar-refractivity contribution in [2.24, 2.45) is 16.8 Å². The number of aromatic nitrogens is 2. The maximum Gasteiger partial charge on any atom is 0.434 e. The number of aliphatic imine (C=N–C) groups is 1. The van der Waals surface area contributed by atoms with E-state index in [1.54, 1.807) is 19.1 Å². The third kappa shape index (κ3) is 7.40. The number of hydrogen-bond acceptors (Lipinski definition) is 5. The SMILES string of the molecule is CCCc1cccc(C2=NC(n3ncc(C(=O)O)c3C(F)(F)F)CC=C2)c1OCC1=CCCC(C2CCN(C(C)=O)CC2)C=C1. The van der Waals surface area contributed by atoms with Crippen molar-refractivity contribution in [2.45, 2.75) is 71.1 Å². The average Bonchev–Trinajstić information content (AvgIpc) is 3.36. The number of rotatable bonds is 9. The molecule has 2 unspecified atom stereocenters. The molecule has 3 heterocycles. The number of allylic oxidation sites excluding steroid dienone is 3. The van der Waals surface area contributed by atoms with Gasteiger partial charge in [-0.1, -0.05) is 49.8 Å². The second kappa shape index (κ2) is 13.9. The van der Waals surface area contributed by atoms with E-state index in [-0.39, 0.29) is 12.3 Å². The average molecular weight is 625 g/mol. The van der Waals surface area contributed by atoms with Gasteiger partial charge < -0.3 is 14.7 Å². The van der Waals surface area contributed by atoms with Gasteiger partial charge >= 0.3 is 12.1 Å². The second-order valence-corrected chi connectivity index (χ2v) is 11.8. The number of piperidine rings is 1. The molecule has 3 aliphatic rings. The van der Waals surface area contributed by atoms with E-state index in [0.717, 1.165) is 68.9 Å². The standard InChI is InChI=1S/C34H39F3N4O4/c1-3-7-26-10-5-11-27(29-12-6-13-30(39-29)41-32(34(35,36)37)28(20-38-41)33(43)44)31(26)45-21-23-8-4-9-24(15-14-23)25-16-18-40(19-17-25)22(2)42/h5-6,8,10-12,14-15,20,24-25,30H,3-4,7,9,13,16-19,21H2,1-2H3,(H,43,44). The van der Waals surface area contributed by atoms with E-state index in [1.807, 2.05) is 23.1 Å². The number of dihydropyridines is 1. The summed E-state index contributed by atoms with van der Waals surface area (Å²) in [6.45, 7) is 5.64. The predicted molar refractivity (Wildman–Crippen MR) is 164 cm³/mol. The van der Waals surface area contributed by atoms with Crippen LogP contribution in [0.15, 0.2) is 65.3 Å². The zero-order chi connectivity index (χ0) is 32.1. The van der Waals surface area contributed by atoms with Crippen molar-refractivity contribution < 1.29 is 32.6 Å². The molecule has 8 nitrogen and oxygen atoms in total. The smallest absolute Gasteiger partial charge is 0.434 e. The summed E-state index contributed by atoms with van der Waals surface area (Å²) < 4.78 is 48.9. The molecule has 1 aromatic heterocycles. The third-order valence-corrected chi connectivity index (χ3v) is 8.82. The van der Waals surface area contributed by atoms with Gasteiger partial charge in [0, 0.05) is 32.0 Å². The summed E-state index contributed by atoms with van der Waals surface area (Å²) in [5.74, 6) is 0.0702. The lowest BCUT2D eigenvalue weighted by atomic mass is 9.82. The van der Waals surface area contributed by atoms with Crippen molar-refractivity contribution in [2.75, 3.05) is 19.7 Å². The maximum absolute atomic E-state index is 13.9. The maximum atomic E-state index is 13.9. The fraction of sp³-hybridized carbons (Fsp3) is 0.471. The number of carbonyl (C=O) groups is 2. The Morgan fingerprint density at radius 3 is 2.60 bits per heavy atom. The quantitative estimate of drug-likeness (QED) is 0.323. The first-order chi connectivity index (χ1) is 21.6. The van der Waals surface area contributed by atoms with Crippen LogP contribution in [0.25, 0.3) is 0 Å². The van der Waals surface area contributed by atoms with Gasteiger partial charge in [0.2, 0.25) is 5.91 Å². The number of amides is 1. The van der Waals surface area contributed by atoms with E-state index in [2.05, 4.69) is 35.2 Å². The molecule has 45 heavy (non-hydrogen) atoms. The molecule has 0 saturated carbocycles. The number of carboxylic acid groups (broad SMARTS) is 1. The van der Waals surface area contributed by atoms with Gasteiger partial charge in [-0.25, -0.2) is 9.48 Å². The molecule has 1 N–H and O–H groups in total.